The Bertz CT molecular complexity index is 514. The summed E-state index contributed by atoms with van der Waals surface area (Å²) in [7, 11) is 3.40. The van der Waals surface area contributed by atoms with Gasteiger partial charge < -0.3 is 15.5 Å². The molecular weight excluding hydrogens is 254 g/mol. The Morgan fingerprint density at radius 3 is 2.60 bits per heavy atom. The lowest BCUT2D eigenvalue weighted by molar-refractivity contribution is -0.120. The zero-order valence-corrected chi connectivity index (χ0v) is 12.1. The van der Waals surface area contributed by atoms with Crippen LogP contribution in [0, 0.1) is 5.92 Å². The van der Waals surface area contributed by atoms with Gasteiger partial charge in [0.1, 0.15) is 0 Å². The molecule has 1 aliphatic rings. The van der Waals surface area contributed by atoms with E-state index >= 15 is 0 Å². The lowest BCUT2D eigenvalue weighted by Gasteiger charge is -2.18. The molecule has 5 heteroatoms. The van der Waals surface area contributed by atoms with Crippen molar-refractivity contribution in [1.82, 2.24) is 10.2 Å². The summed E-state index contributed by atoms with van der Waals surface area (Å²) >= 11 is 0. The number of hydrogen-bond donors (Lipinski definition) is 2. The number of nitrogens with one attached hydrogen (secondary N) is 2. The van der Waals surface area contributed by atoms with E-state index in [1.54, 1.807) is 32.3 Å². The van der Waals surface area contributed by atoms with E-state index in [2.05, 4.69) is 10.6 Å². The molecular formula is C15H21N3O2. The van der Waals surface area contributed by atoms with E-state index in [9.17, 15) is 9.59 Å². The second-order valence-corrected chi connectivity index (χ2v) is 5.37. The van der Waals surface area contributed by atoms with Crippen LogP contribution in [0.1, 0.15) is 23.7 Å². The van der Waals surface area contributed by atoms with E-state index in [0.717, 1.165) is 13.0 Å². The van der Waals surface area contributed by atoms with Crippen LogP contribution in [0.5, 0.6) is 0 Å². The van der Waals surface area contributed by atoms with Gasteiger partial charge in [-0.1, -0.05) is 12.1 Å². The van der Waals surface area contributed by atoms with E-state index in [1.807, 2.05) is 13.0 Å². The molecule has 0 bridgehead atoms. The second kappa shape index (κ2) is 6.05. The van der Waals surface area contributed by atoms with Crippen LogP contribution in [0.3, 0.4) is 0 Å². The third kappa shape index (κ3) is 2.99. The number of carbonyl (C=O) groups is 2. The number of anilines is 1. The van der Waals surface area contributed by atoms with Crippen LogP contribution in [0.25, 0.3) is 0 Å². The molecule has 1 saturated heterocycles. The van der Waals surface area contributed by atoms with E-state index in [1.165, 1.54) is 4.90 Å². The lowest BCUT2D eigenvalue weighted by Crippen LogP contribution is -2.32. The van der Waals surface area contributed by atoms with Gasteiger partial charge in [0, 0.05) is 20.1 Å². The van der Waals surface area contributed by atoms with Gasteiger partial charge in [-0.25, -0.2) is 0 Å². The molecule has 0 saturated carbocycles. The highest BCUT2D eigenvalue weighted by Crippen LogP contribution is 2.21. The van der Waals surface area contributed by atoms with Gasteiger partial charge in [-0.3, -0.25) is 9.59 Å². The minimum Gasteiger partial charge on any atom is -0.345 e. The maximum absolute atomic E-state index is 12.3. The Labute approximate surface area is 119 Å². The van der Waals surface area contributed by atoms with E-state index in [0.29, 0.717) is 11.3 Å². The molecule has 0 aliphatic carbocycles. The SMILES string of the molecule is CC1NCCC1C(=O)Nc1ccccc1C(=O)N(C)C. The molecule has 108 valence electrons. The minimum absolute atomic E-state index is 0.0264. The molecule has 2 unspecified atom stereocenters. The first-order valence-electron chi connectivity index (χ1n) is 6.85. The van der Waals surface area contributed by atoms with Gasteiger partial charge in [0.2, 0.25) is 5.91 Å². The highest BCUT2D eigenvalue weighted by atomic mass is 16.2. The van der Waals surface area contributed by atoms with Crippen molar-refractivity contribution >= 4 is 17.5 Å². The number of nitrogens with zero attached hydrogens (tertiary/aromatic N) is 1. The molecule has 0 radical (unpaired) electrons. The first-order valence-corrected chi connectivity index (χ1v) is 6.85. The molecule has 2 N–H and O–H groups in total. The zero-order chi connectivity index (χ0) is 14.7. The third-order valence-corrected chi connectivity index (χ3v) is 3.68. The molecule has 1 heterocycles. The van der Waals surface area contributed by atoms with Crippen molar-refractivity contribution in [2.24, 2.45) is 5.92 Å². The molecule has 0 spiro atoms. The molecule has 0 aromatic heterocycles. The molecule has 2 amide bonds. The predicted octanol–water partition coefficient (Wildman–Crippen LogP) is 1.32. The Hall–Kier alpha value is -1.88. The smallest absolute Gasteiger partial charge is 0.255 e. The molecule has 5 nitrogen and oxygen atoms in total. The standard InChI is InChI=1S/C15H21N3O2/c1-10-11(8-9-16-10)14(19)17-13-7-5-4-6-12(13)15(20)18(2)3/h4-7,10-11,16H,8-9H2,1-3H3,(H,17,19). The monoisotopic (exact) mass is 275 g/mol. The highest BCUT2D eigenvalue weighted by molar-refractivity contribution is 6.04. The van der Waals surface area contributed by atoms with Crippen molar-refractivity contribution in [3.8, 4) is 0 Å². The minimum atomic E-state index is -0.113. The number of para-hydroxylation sites is 1. The van der Waals surface area contributed by atoms with Crippen molar-refractivity contribution < 1.29 is 9.59 Å². The third-order valence-electron chi connectivity index (χ3n) is 3.68. The second-order valence-electron chi connectivity index (χ2n) is 5.37. The molecule has 1 aromatic rings. The lowest BCUT2D eigenvalue weighted by atomic mass is 10.0. The molecule has 1 aliphatic heterocycles. The van der Waals surface area contributed by atoms with Crippen molar-refractivity contribution in [2.45, 2.75) is 19.4 Å². The Morgan fingerprint density at radius 1 is 1.30 bits per heavy atom. The van der Waals surface area contributed by atoms with Crippen molar-refractivity contribution in [1.29, 1.82) is 0 Å². The fourth-order valence-electron chi connectivity index (χ4n) is 2.46. The molecule has 1 fully saturated rings. The van der Waals surface area contributed by atoms with Gasteiger partial charge in [-0.05, 0) is 32.0 Å². The number of benzene rings is 1. The van der Waals surface area contributed by atoms with Gasteiger partial charge in [-0.15, -0.1) is 0 Å². The summed E-state index contributed by atoms with van der Waals surface area (Å²) in [6.45, 7) is 2.87. The molecule has 1 aromatic carbocycles. The van der Waals surface area contributed by atoms with Crippen LogP contribution >= 0.6 is 0 Å². The van der Waals surface area contributed by atoms with Crippen molar-refractivity contribution in [3.05, 3.63) is 29.8 Å². The fourth-order valence-corrected chi connectivity index (χ4v) is 2.46. The highest BCUT2D eigenvalue weighted by Gasteiger charge is 2.30. The first-order chi connectivity index (χ1) is 9.50. The summed E-state index contributed by atoms with van der Waals surface area (Å²) in [6.07, 6.45) is 0.830. The number of hydrogen-bond acceptors (Lipinski definition) is 3. The van der Waals surface area contributed by atoms with Crippen LogP contribution in [0.15, 0.2) is 24.3 Å². The molecule has 2 atom stereocenters. The van der Waals surface area contributed by atoms with Gasteiger partial charge in [0.25, 0.3) is 5.91 Å². The van der Waals surface area contributed by atoms with Crippen molar-refractivity contribution in [2.75, 3.05) is 26.0 Å². The summed E-state index contributed by atoms with van der Waals surface area (Å²) in [4.78, 5) is 25.9. The summed E-state index contributed by atoms with van der Waals surface area (Å²) in [5.41, 5.74) is 1.10. The predicted molar refractivity (Wildman–Crippen MR) is 78.7 cm³/mol. The molecule has 20 heavy (non-hydrogen) atoms. The quantitative estimate of drug-likeness (QED) is 0.874. The Kier molecular flexibility index (Phi) is 4.39. The largest absolute Gasteiger partial charge is 0.345 e. The Balaban J connectivity index is 2.17. The van der Waals surface area contributed by atoms with Gasteiger partial charge in [0.05, 0.1) is 17.2 Å². The van der Waals surface area contributed by atoms with Crippen LogP contribution in [-0.2, 0) is 4.79 Å². The molecule has 2 rings (SSSR count). The van der Waals surface area contributed by atoms with Gasteiger partial charge in [0.15, 0.2) is 0 Å². The summed E-state index contributed by atoms with van der Waals surface area (Å²) in [5.74, 6) is -0.183. The van der Waals surface area contributed by atoms with Crippen LogP contribution in [0.2, 0.25) is 0 Å². The average molecular weight is 275 g/mol. The Morgan fingerprint density at radius 2 is 2.00 bits per heavy atom. The normalized spacial score (nSPS) is 21.6. The van der Waals surface area contributed by atoms with E-state index in [-0.39, 0.29) is 23.8 Å². The number of rotatable bonds is 3. The summed E-state index contributed by atoms with van der Waals surface area (Å²) < 4.78 is 0. The summed E-state index contributed by atoms with van der Waals surface area (Å²) in [5, 5.41) is 6.15. The van der Waals surface area contributed by atoms with E-state index < -0.39 is 0 Å². The maximum atomic E-state index is 12.3. The van der Waals surface area contributed by atoms with Crippen molar-refractivity contribution in [3.63, 3.8) is 0 Å². The number of carbonyl (C=O) groups excluding carboxylic acids is 2. The van der Waals surface area contributed by atoms with E-state index in [4.69, 9.17) is 0 Å². The average Bonchev–Trinajstić information content (AvgIpc) is 2.84. The van der Waals surface area contributed by atoms with Gasteiger partial charge in [-0.2, -0.15) is 0 Å². The fraction of sp³-hybridized carbons (Fsp3) is 0.467. The summed E-state index contributed by atoms with van der Waals surface area (Å²) in [6, 6.07) is 7.28. The van der Waals surface area contributed by atoms with Crippen LogP contribution in [-0.4, -0.2) is 43.4 Å². The van der Waals surface area contributed by atoms with Crippen LogP contribution in [0.4, 0.5) is 5.69 Å². The topological polar surface area (TPSA) is 61.4 Å². The maximum Gasteiger partial charge on any atom is 0.255 e. The zero-order valence-electron chi connectivity index (χ0n) is 12.1. The number of amides is 2. The van der Waals surface area contributed by atoms with Gasteiger partial charge >= 0.3 is 0 Å². The first kappa shape index (κ1) is 14.5. The van der Waals surface area contributed by atoms with Crippen LogP contribution < -0.4 is 10.6 Å².